The Bertz CT molecular complexity index is 1240. The molecule has 178 valence electrons. The maximum Gasteiger partial charge on any atom is 0.258 e. The molecule has 34 heavy (non-hydrogen) atoms. The molecule has 5 rings (SSSR count). The lowest BCUT2D eigenvalue weighted by molar-refractivity contribution is 0.0983. The van der Waals surface area contributed by atoms with E-state index in [2.05, 4.69) is 10.4 Å². The lowest BCUT2D eigenvalue weighted by atomic mass is 10.0. The number of hydrogen-bond donors (Lipinski definition) is 1. The van der Waals surface area contributed by atoms with Crippen LogP contribution in [-0.2, 0) is 13.6 Å². The Morgan fingerprint density at radius 3 is 2.82 bits per heavy atom. The summed E-state index contributed by atoms with van der Waals surface area (Å²) in [6.07, 6.45) is 2.43. The first-order valence-corrected chi connectivity index (χ1v) is 11.3. The van der Waals surface area contributed by atoms with E-state index in [9.17, 15) is 4.79 Å². The van der Waals surface area contributed by atoms with Crippen molar-refractivity contribution in [1.82, 2.24) is 15.1 Å². The second kappa shape index (κ2) is 9.08. The number of anilines is 1. The van der Waals surface area contributed by atoms with Gasteiger partial charge in [0.1, 0.15) is 0 Å². The molecule has 3 heterocycles. The Hall–Kier alpha value is -3.43. The molecule has 0 fully saturated rings. The van der Waals surface area contributed by atoms with Gasteiger partial charge in [0.25, 0.3) is 5.91 Å². The van der Waals surface area contributed by atoms with E-state index < -0.39 is 0 Å². The molecule has 1 aromatic heterocycles. The third-order valence-corrected chi connectivity index (χ3v) is 6.57. The van der Waals surface area contributed by atoms with E-state index in [1.54, 1.807) is 48.2 Å². The largest absolute Gasteiger partial charge is 0.493 e. The standard InChI is InChI=1S/C24H25ClN4O5/c1-28-22-17(26-11-15-16(25)5-7-20-23(15)34-13-33-20)8-9-29(18(22)12-27-28)24(30)14-4-6-19(31-2)21(10-14)32-3/h4-7,10,12,17,26H,8-9,11,13H2,1-3H3. The van der Waals surface area contributed by atoms with Gasteiger partial charge in [0.2, 0.25) is 6.79 Å². The highest BCUT2D eigenvalue weighted by atomic mass is 35.5. The molecular weight excluding hydrogens is 460 g/mol. The van der Waals surface area contributed by atoms with Gasteiger partial charge in [-0.25, -0.2) is 0 Å². The van der Waals surface area contributed by atoms with Crippen LogP contribution in [0.5, 0.6) is 23.0 Å². The molecule has 2 aliphatic heterocycles. The van der Waals surface area contributed by atoms with E-state index in [1.807, 2.05) is 19.2 Å². The number of methoxy groups -OCH3 is 2. The van der Waals surface area contributed by atoms with Crippen molar-refractivity contribution >= 4 is 23.2 Å². The molecule has 2 aliphatic rings. The van der Waals surface area contributed by atoms with Gasteiger partial charge in [-0.1, -0.05) is 11.6 Å². The quantitative estimate of drug-likeness (QED) is 0.570. The number of amides is 1. The van der Waals surface area contributed by atoms with Crippen LogP contribution in [0.2, 0.25) is 5.02 Å². The highest BCUT2D eigenvalue weighted by molar-refractivity contribution is 6.31. The number of nitrogens with zero attached hydrogens (tertiary/aromatic N) is 3. The fraction of sp³-hybridized carbons (Fsp3) is 0.333. The zero-order chi connectivity index (χ0) is 23.8. The van der Waals surface area contributed by atoms with Crippen molar-refractivity contribution in [3.8, 4) is 23.0 Å². The normalized spacial score (nSPS) is 16.4. The molecule has 0 saturated carbocycles. The molecule has 10 heteroatoms. The number of fused-ring (bicyclic) bond motifs is 2. The van der Waals surface area contributed by atoms with Crippen molar-refractivity contribution in [1.29, 1.82) is 0 Å². The van der Waals surface area contributed by atoms with Crippen LogP contribution in [0.15, 0.2) is 36.5 Å². The number of aryl methyl sites for hydroxylation is 1. The van der Waals surface area contributed by atoms with E-state index in [0.29, 0.717) is 53.1 Å². The first-order chi connectivity index (χ1) is 16.5. The van der Waals surface area contributed by atoms with E-state index in [-0.39, 0.29) is 18.7 Å². The topological polar surface area (TPSA) is 87.1 Å². The molecule has 9 nitrogen and oxygen atoms in total. The summed E-state index contributed by atoms with van der Waals surface area (Å²) in [4.78, 5) is 15.2. The molecule has 2 aromatic carbocycles. The highest BCUT2D eigenvalue weighted by Crippen LogP contribution is 2.41. The zero-order valence-electron chi connectivity index (χ0n) is 19.1. The Labute approximate surface area is 202 Å². The van der Waals surface area contributed by atoms with Crippen LogP contribution in [0.25, 0.3) is 0 Å². The molecule has 1 atom stereocenters. The maximum absolute atomic E-state index is 13.4. The lowest BCUT2D eigenvalue weighted by Crippen LogP contribution is -2.40. The Morgan fingerprint density at radius 2 is 2.03 bits per heavy atom. The first-order valence-electron chi connectivity index (χ1n) is 10.9. The lowest BCUT2D eigenvalue weighted by Gasteiger charge is -2.33. The predicted molar refractivity (Wildman–Crippen MR) is 126 cm³/mol. The van der Waals surface area contributed by atoms with Crippen molar-refractivity contribution in [2.24, 2.45) is 7.05 Å². The van der Waals surface area contributed by atoms with E-state index >= 15 is 0 Å². The van der Waals surface area contributed by atoms with Crippen LogP contribution in [0.1, 0.15) is 34.1 Å². The minimum Gasteiger partial charge on any atom is -0.493 e. The summed E-state index contributed by atoms with van der Waals surface area (Å²) < 4.78 is 23.6. The number of ether oxygens (including phenoxy) is 4. The smallest absolute Gasteiger partial charge is 0.258 e. The Balaban J connectivity index is 1.39. The number of rotatable bonds is 6. The number of aromatic nitrogens is 2. The minimum atomic E-state index is -0.122. The van der Waals surface area contributed by atoms with Gasteiger partial charge in [0.15, 0.2) is 23.0 Å². The van der Waals surface area contributed by atoms with Gasteiger partial charge in [0.05, 0.1) is 37.8 Å². The fourth-order valence-corrected chi connectivity index (χ4v) is 4.71. The summed E-state index contributed by atoms with van der Waals surface area (Å²) in [6.45, 7) is 1.21. The van der Waals surface area contributed by atoms with Crippen LogP contribution in [0.4, 0.5) is 5.69 Å². The zero-order valence-corrected chi connectivity index (χ0v) is 19.9. The highest BCUT2D eigenvalue weighted by Gasteiger charge is 2.33. The Kier molecular flexibility index (Phi) is 5.97. The number of benzene rings is 2. The van der Waals surface area contributed by atoms with Crippen LogP contribution in [0.3, 0.4) is 0 Å². The molecule has 0 aliphatic carbocycles. The minimum absolute atomic E-state index is 0.0220. The van der Waals surface area contributed by atoms with Crippen LogP contribution in [-0.4, -0.2) is 43.2 Å². The predicted octanol–water partition coefficient (Wildman–Crippen LogP) is 3.70. The molecule has 3 aromatic rings. The molecule has 0 spiro atoms. The molecule has 1 unspecified atom stereocenters. The molecule has 1 N–H and O–H groups in total. The number of carbonyl (C=O) groups is 1. The van der Waals surface area contributed by atoms with Gasteiger partial charge in [-0.05, 0) is 36.8 Å². The maximum atomic E-state index is 13.4. The molecule has 0 bridgehead atoms. The summed E-state index contributed by atoms with van der Waals surface area (Å²) in [5.74, 6) is 2.33. The van der Waals surface area contributed by atoms with Gasteiger partial charge < -0.3 is 29.2 Å². The summed E-state index contributed by atoms with van der Waals surface area (Å²) in [5, 5.41) is 8.62. The van der Waals surface area contributed by atoms with Gasteiger partial charge in [0, 0.05) is 36.3 Å². The fourth-order valence-electron chi connectivity index (χ4n) is 4.49. The molecule has 0 saturated heterocycles. The van der Waals surface area contributed by atoms with Crippen molar-refractivity contribution in [2.75, 3.05) is 32.5 Å². The average molecular weight is 485 g/mol. The number of hydrogen-bond acceptors (Lipinski definition) is 7. The number of halogens is 1. The van der Waals surface area contributed by atoms with E-state index in [1.165, 1.54) is 0 Å². The van der Waals surface area contributed by atoms with Crippen molar-refractivity contribution in [3.05, 3.63) is 58.4 Å². The van der Waals surface area contributed by atoms with Crippen molar-refractivity contribution in [3.63, 3.8) is 0 Å². The van der Waals surface area contributed by atoms with Crippen LogP contribution < -0.4 is 29.2 Å². The molecule has 0 radical (unpaired) electrons. The summed E-state index contributed by atoms with van der Waals surface area (Å²) >= 11 is 6.45. The Morgan fingerprint density at radius 1 is 1.21 bits per heavy atom. The molecular formula is C24H25ClN4O5. The first kappa shape index (κ1) is 22.4. The van der Waals surface area contributed by atoms with Gasteiger partial charge >= 0.3 is 0 Å². The summed E-state index contributed by atoms with van der Waals surface area (Å²) in [5.41, 5.74) is 3.07. The summed E-state index contributed by atoms with van der Waals surface area (Å²) in [7, 11) is 4.99. The van der Waals surface area contributed by atoms with Crippen molar-refractivity contribution < 1.29 is 23.7 Å². The van der Waals surface area contributed by atoms with Crippen LogP contribution >= 0.6 is 11.6 Å². The molecule has 1 amide bonds. The van der Waals surface area contributed by atoms with Crippen LogP contribution in [0, 0.1) is 0 Å². The van der Waals surface area contributed by atoms with Gasteiger partial charge in [-0.15, -0.1) is 0 Å². The number of nitrogens with one attached hydrogen (secondary N) is 1. The van der Waals surface area contributed by atoms with E-state index in [4.69, 9.17) is 30.5 Å². The third-order valence-electron chi connectivity index (χ3n) is 6.21. The third kappa shape index (κ3) is 3.80. The second-order valence-corrected chi connectivity index (χ2v) is 8.45. The monoisotopic (exact) mass is 484 g/mol. The number of carbonyl (C=O) groups excluding carboxylic acids is 1. The van der Waals surface area contributed by atoms with E-state index in [0.717, 1.165) is 16.9 Å². The van der Waals surface area contributed by atoms with Crippen molar-refractivity contribution in [2.45, 2.75) is 19.0 Å². The summed E-state index contributed by atoms with van der Waals surface area (Å²) in [6, 6.07) is 8.77. The SMILES string of the molecule is COc1ccc(C(=O)N2CCC(NCc3c(Cl)ccc4c3OCO4)c3c2cnn3C)cc1OC. The average Bonchev–Trinajstić information content (AvgIpc) is 3.49. The van der Waals surface area contributed by atoms with Gasteiger partial charge in [-0.3, -0.25) is 9.48 Å². The van der Waals surface area contributed by atoms with Gasteiger partial charge in [-0.2, -0.15) is 5.10 Å². The second-order valence-electron chi connectivity index (χ2n) is 8.05.